The first-order chi connectivity index (χ1) is 9.72. The number of benzene rings is 2. The van der Waals surface area contributed by atoms with Crippen molar-refractivity contribution in [1.82, 2.24) is 0 Å². The highest BCUT2D eigenvalue weighted by Crippen LogP contribution is 2.32. The molecule has 3 N–H and O–H groups in total. The molecule has 0 saturated heterocycles. The summed E-state index contributed by atoms with van der Waals surface area (Å²) in [6.07, 6.45) is 0. The Bertz CT molecular complexity index is 812. The largest absolute Gasteiger partial charge is 0.399 e. The van der Waals surface area contributed by atoms with Crippen LogP contribution in [0.5, 0.6) is 0 Å². The first-order valence-corrected chi connectivity index (χ1v) is 8.05. The van der Waals surface area contributed by atoms with Crippen LogP contribution < -0.4 is 10.5 Å². The van der Waals surface area contributed by atoms with Crippen molar-refractivity contribution in [3.8, 4) is 0 Å². The first-order valence-electron chi connectivity index (χ1n) is 5.43. The highest BCUT2D eigenvalue weighted by atomic mass is 35.5. The van der Waals surface area contributed by atoms with Crippen LogP contribution >= 0.6 is 34.8 Å². The second kappa shape index (κ2) is 5.88. The summed E-state index contributed by atoms with van der Waals surface area (Å²) in [6, 6.07) is 6.46. The lowest BCUT2D eigenvalue weighted by atomic mass is 10.3. The molecule has 4 nitrogen and oxygen atoms in total. The molecule has 0 aliphatic rings. The van der Waals surface area contributed by atoms with Gasteiger partial charge in [-0.1, -0.05) is 34.8 Å². The Morgan fingerprint density at radius 2 is 1.67 bits per heavy atom. The highest BCUT2D eigenvalue weighted by molar-refractivity contribution is 7.92. The molecule has 0 amide bonds. The van der Waals surface area contributed by atoms with Crippen LogP contribution in [0.4, 0.5) is 15.8 Å². The van der Waals surface area contributed by atoms with Crippen molar-refractivity contribution in [3.63, 3.8) is 0 Å². The lowest BCUT2D eigenvalue weighted by molar-refractivity contribution is 0.595. The third kappa shape index (κ3) is 3.35. The first kappa shape index (κ1) is 16.2. The Labute approximate surface area is 135 Å². The molecule has 0 aromatic heterocycles. The van der Waals surface area contributed by atoms with Gasteiger partial charge in [-0.25, -0.2) is 12.8 Å². The predicted molar refractivity (Wildman–Crippen MR) is 83.1 cm³/mol. The molecule has 0 radical (unpaired) electrons. The average Bonchev–Trinajstić information content (AvgIpc) is 2.39. The van der Waals surface area contributed by atoms with Gasteiger partial charge in [-0.3, -0.25) is 4.72 Å². The van der Waals surface area contributed by atoms with E-state index in [-0.39, 0.29) is 15.7 Å². The molecule has 0 fully saturated rings. The van der Waals surface area contributed by atoms with Crippen LogP contribution in [0.25, 0.3) is 0 Å². The van der Waals surface area contributed by atoms with Gasteiger partial charge in [0.15, 0.2) is 5.82 Å². The minimum absolute atomic E-state index is 0.0584. The zero-order chi connectivity index (χ0) is 15.8. The quantitative estimate of drug-likeness (QED) is 0.630. The lowest BCUT2D eigenvalue weighted by Gasteiger charge is -2.12. The van der Waals surface area contributed by atoms with Crippen molar-refractivity contribution in [1.29, 1.82) is 0 Å². The Kier molecular flexibility index (Phi) is 4.53. The van der Waals surface area contributed by atoms with E-state index in [0.717, 1.165) is 12.1 Å². The summed E-state index contributed by atoms with van der Waals surface area (Å²) in [5.41, 5.74) is 5.93. The SMILES string of the molecule is Nc1ccc(Cl)c(NS(=O)(=O)c2ccc(Cl)c(F)c2Cl)c1. The number of nitrogen functional groups attached to an aromatic ring is 1. The van der Waals surface area contributed by atoms with Crippen LogP contribution in [0.2, 0.25) is 15.1 Å². The van der Waals surface area contributed by atoms with Gasteiger partial charge in [0, 0.05) is 5.69 Å². The zero-order valence-corrected chi connectivity index (χ0v) is 13.3. The van der Waals surface area contributed by atoms with Crippen LogP contribution in [0.15, 0.2) is 35.2 Å². The van der Waals surface area contributed by atoms with E-state index < -0.39 is 25.8 Å². The number of hydrogen-bond acceptors (Lipinski definition) is 3. The fraction of sp³-hybridized carbons (Fsp3) is 0. The summed E-state index contributed by atoms with van der Waals surface area (Å²) in [5.74, 6) is -1.01. The minimum atomic E-state index is -4.14. The molecule has 9 heteroatoms. The maximum absolute atomic E-state index is 13.6. The van der Waals surface area contributed by atoms with Gasteiger partial charge < -0.3 is 5.73 Å². The van der Waals surface area contributed by atoms with Crippen LogP contribution in [-0.4, -0.2) is 8.42 Å². The fourth-order valence-electron chi connectivity index (χ4n) is 1.54. The molecule has 0 atom stereocenters. The number of nitrogens with two attached hydrogens (primary N) is 1. The maximum Gasteiger partial charge on any atom is 0.263 e. The topological polar surface area (TPSA) is 72.2 Å². The van der Waals surface area contributed by atoms with Crippen molar-refractivity contribution in [2.45, 2.75) is 4.90 Å². The summed E-state index contributed by atoms with van der Waals surface area (Å²) in [6.45, 7) is 0. The molecule has 2 rings (SSSR count). The molecule has 0 saturated carbocycles. The molecule has 2 aromatic rings. The Morgan fingerprint density at radius 1 is 1.05 bits per heavy atom. The van der Waals surface area contributed by atoms with E-state index in [1.807, 2.05) is 0 Å². The molecule has 0 aliphatic carbocycles. The van der Waals surface area contributed by atoms with E-state index in [4.69, 9.17) is 40.5 Å². The van der Waals surface area contributed by atoms with E-state index in [2.05, 4.69) is 4.72 Å². The van der Waals surface area contributed by atoms with Crippen molar-refractivity contribution in [2.75, 3.05) is 10.5 Å². The fourth-order valence-corrected chi connectivity index (χ4v) is 3.57. The molecule has 2 aromatic carbocycles. The summed E-state index contributed by atoms with van der Waals surface area (Å²) < 4.78 is 40.3. The van der Waals surface area contributed by atoms with Gasteiger partial charge in [-0.15, -0.1) is 0 Å². The number of anilines is 2. The summed E-state index contributed by atoms with van der Waals surface area (Å²) in [4.78, 5) is -0.454. The second-order valence-corrected chi connectivity index (χ2v) is 6.86. The van der Waals surface area contributed by atoms with Crippen LogP contribution in [0.3, 0.4) is 0 Å². The van der Waals surface area contributed by atoms with E-state index in [0.29, 0.717) is 5.69 Å². The van der Waals surface area contributed by atoms with Gasteiger partial charge in [-0.2, -0.15) is 0 Å². The third-order valence-corrected chi connectivity index (χ3v) is 5.03. The molecule has 0 aliphatic heterocycles. The highest BCUT2D eigenvalue weighted by Gasteiger charge is 2.23. The number of halogens is 4. The third-order valence-electron chi connectivity index (χ3n) is 2.52. The van der Waals surface area contributed by atoms with Gasteiger partial charge in [0.1, 0.15) is 4.90 Å². The standard InChI is InChI=1S/C12H8Cl3FN2O2S/c13-7-2-1-6(17)5-9(7)18-21(19,20)10-4-3-8(14)12(16)11(10)15/h1-5,18H,17H2. The van der Waals surface area contributed by atoms with Crippen molar-refractivity contribution in [2.24, 2.45) is 0 Å². The monoisotopic (exact) mass is 368 g/mol. The van der Waals surface area contributed by atoms with Gasteiger partial charge in [0.2, 0.25) is 0 Å². The van der Waals surface area contributed by atoms with Crippen molar-refractivity contribution in [3.05, 3.63) is 51.2 Å². The number of hydrogen-bond donors (Lipinski definition) is 2. The molecular formula is C12H8Cl3FN2O2S. The van der Waals surface area contributed by atoms with Crippen molar-refractivity contribution < 1.29 is 12.8 Å². The van der Waals surface area contributed by atoms with Crippen molar-refractivity contribution >= 4 is 56.2 Å². The molecule has 112 valence electrons. The number of nitrogens with one attached hydrogen (secondary N) is 1. The molecule has 0 unspecified atom stereocenters. The van der Waals surface area contributed by atoms with Crippen LogP contribution in [0.1, 0.15) is 0 Å². The zero-order valence-electron chi connectivity index (χ0n) is 10.2. The van der Waals surface area contributed by atoms with Gasteiger partial charge in [-0.05, 0) is 30.3 Å². The minimum Gasteiger partial charge on any atom is -0.399 e. The summed E-state index contributed by atoms with van der Waals surface area (Å²) in [7, 11) is -4.14. The number of sulfonamides is 1. The Balaban J connectivity index is 2.49. The summed E-state index contributed by atoms with van der Waals surface area (Å²) >= 11 is 17.1. The lowest BCUT2D eigenvalue weighted by Crippen LogP contribution is -2.14. The van der Waals surface area contributed by atoms with Gasteiger partial charge in [0.05, 0.1) is 20.8 Å². The van der Waals surface area contributed by atoms with E-state index >= 15 is 0 Å². The molecule has 0 spiro atoms. The van der Waals surface area contributed by atoms with Crippen LogP contribution in [0, 0.1) is 5.82 Å². The molecule has 0 heterocycles. The maximum atomic E-state index is 13.6. The van der Waals surface area contributed by atoms with Gasteiger partial charge >= 0.3 is 0 Å². The van der Waals surface area contributed by atoms with E-state index in [1.54, 1.807) is 0 Å². The Morgan fingerprint density at radius 3 is 2.33 bits per heavy atom. The molecule has 0 bridgehead atoms. The average molecular weight is 370 g/mol. The van der Waals surface area contributed by atoms with Crippen LogP contribution in [-0.2, 0) is 10.0 Å². The smallest absolute Gasteiger partial charge is 0.263 e. The van der Waals surface area contributed by atoms with E-state index in [9.17, 15) is 12.8 Å². The predicted octanol–water partition coefficient (Wildman–Crippen LogP) is 4.17. The molecule has 21 heavy (non-hydrogen) atoms. The van der Waals surface area contributed by atoms with E-state index in [1.165, 1.54) is 18.2 Å². The second-order valence-electron chi connectivity index (χ2n) is 4.02. The molecular weight excluding hydrogens is 362 g/mol. The number of rotatable bonds is 3. The van der Waals surface area contributed by atoms with Gasteiger partial charge in [0.25, 0.3) is 10.0 Å². The normalized spacial score (nSPS) is 11.4. The Hall–Kier alpha value is -1.21. The summed E-state index contributed by atoms with van der Waals surface area (Å²) in [5, 5.41) is -0.741.